The Morgan fingerprint density at radius 3 is 2.95 bits per heavy atom. The lowest BCUT2D eigenvalue weighted by Gasteiger charge is -2.06. The first kappa shape index (κ1) is 15.2. The van der Waals surface area contributed by atoms with Gasteiger partial charge in [-0.15, -0.1) is 0 Å². The van der Waals surface area contributed by atoms with Gasteiger partial charge in [0.1, 0.15) is 0 Å². The van der Waals surface area contributed by atoms with Crippen molar-refractivity contribution in [3.63, 3.8) is 0 Å². The number of nitrogens with one attached hydrogen (secondary N) is 1. The largest absolute Gasteiger partial charge is 0.352 e. The molecule has 0 fully saturated rings. The van der Waals surface area contributed by atoms with E-state index in [2.05, 4.69) is 22.3 Å². The molecular formula is C16H22N4O. The van der Waals surface area contributed by atoms with E-state index >= 15 is 0 Å². The number of amides is 1. The lowest BCUT2D eigenvalue weighted by atomic mass is 10.2. The molecule has 0 aliphatic heterocycles. The molecule has 0 aliphatic rings. The van der Waals surface area contributed by atoms with E-state index in [9.17, 15) is 4.79 Å². The second kappa shape index (κ2) is 7.57. The highest BCUT2D eigenvalue weighted by molar-refractivity contribution is 5.94. The molecule has 112 valence electrons. The van der Waals surface area contributed by atoms with Crippen LogP contribution < -0.4 is 5.32 Å². The molecular weight excluding hydrogens is 264 g/mol. The van der Waals surface area contributed by atoms with E-state index in [0.29, 0.717) is 12.1 Å². The number of hydrogen-bond donors (Lipinski definition) is 1. The van der Waals surface area contributed by atoms with Crippen LogP contribution >= 0.6 is 0 Å². The minimum atomic E-state index is -0.0455. The van der Waals surface area contributed by atoms with Crippen molar-refractivity contribution < 1.29 is 4.79 Å². The number of hydrogen-bond acceptors (Lipinski definition) is 3. The van der Waals surface area contributed by atoms with Gasteiger partial charge in [-0.1, -0.05) is 13.0 Å². The maximum Gasteiger partial charge on any atom is 0.254 e. The van der Waals surface area contributed by atoms with Crippen molar-refractivity contribution in [1.82, 2.24) is 20.1 Å². The first-order valence-corrected chi connectivity index (χ1v) is 7.43. The van der Waals surface area contributed by atoms with Gasteiger partial charge < -0.3 is 5.32 Å². The number of nitrogens with zero attached hydrogens (tertiary/aromatic N) is 3. The van der Waals surface area contributed by atoms with E-state index in [1.165, 1.54) is 0 Å². The summed E-state index contributed by atoms with van der Waals surface area (Å²) in [7, 11) is 0. The number of pyridine rings is 1. The van der Waals surface area contributed by atoms with Crippen LogP contribution in [0.2, 0.25) is 0 Å². The third kappa shape index (κ3) is 4.15. The Balaban J connectivity index is 1.79. The van der Waals surface area contributed by atoms with Gasteiger partial charge in [0.25, 0.3) is 5.91 Å². The van der Waals surface area contributed by atoms with Crippen LogP contribution in [0.5, 0.6) is 0 Å². The standard InChI is InChI=1S/C16H22N4O/c1-3-11-20-13(2)15(12-19-20)16(21)18-10-6-8-14-7-4-5-9-17-14/h4-5,7,9,12H,3,6,8,10-11H2,1-2H3,(H,18,21). The Morgan fingerprint density at radius 2 is 2.24 bits per heavy atom. The molecule has 1 amide bonds. The van der Waals surface area contributed by atoms with Crippen molar-refractivity contribution in [1.29, 1.82) is 0 Å². The lowest BCUT2D eigenvalue weighted by Crippen LogP contribution is -2.25. The summed E-state index contributed by atoms with van der Waals surface area (Å²) >= 11 is 0. The van der Waals surface area contributed by atoms with Crippen molar-refractivity contribution in [3.8, 4) is 0 Å². The predicted octanol–water partition coefficient (Wildman–Crippen LogP) is 2.36. The maximum atomic E-state index is 12.1. The normalized spacial score (nSPS) is 10.6. The van der Waals surface area contributed by atoms with E-state index < -0.39 is 0 Å². The van der Waals surface area contributed by atoms with Crippen LogP contribution in [0, 0.1) is 6.92 Å². The SMILES string of the molecule is CCCn1ncc(C(=O)NCCCc2ccccn2)c1C. The van der Waals surface area contributed by atoms with Crippen molar-refractivity contribution in [2.75, 3.05) is 6.54 Å². The van der Waals surface area contributed by atoms with Gasteiger partial charge in [0.15, 0.2) is 0 Å². The van der Waals surface area contributed by atoms with Gasteiger partial charge in [0.2, 0.25) is 0 Å². The van der Waals surface area contributed by atoms with Crippen molar-refractivity contribution in [2.45, 2.75) is 39.7 Å². The Bertz CT molecular complexity index is 577. The fraction of sp³-hybridized carbons (Fsp3) is 0.438. The molecule has 2 aromatic rings. The molecule has 0 bridgehead atoms. The zero-order valence-electron chi connectivity index (χ0n) is 12.7. The summed E-state index contributed by atoms with van der Waals surface area (Å²) in [5.41, 5.74) is 2.65. The van der Waals surface area contributed by atoms with Gasteiger partial charge in [-0.25, -0.2) is 0 Å². The van der Waals surface area contributed by atoms with E-state index in [1.807, 2.05) is 29.8 Å². The highest BCUT2D eigenvalue weighted by Crippen LogP contribution is 2.07. The zero-order chi connectivity index (χ0) is 15.1. The Hall–Kier alpha value is -2.17. The van der Waals surface area contributed by atoms with E-state index in [-0.39, 0.29) is 5.91 Å². The highest BCUT2D eigenvalue weighted by Gasteiger charge is 2.13. The molecule has 0 aliphatic carbocycles. The summed E-state index contributed by atoms with van der Waals surface area (Å²) in [4.78, 5) is 16.4. The molecule has 21 heavy (non-hydrogen) atoms. The van der Waals surface area contributed by atoms with Gasteiger partial charge in [0, 0.05) is 30.7 Å². The molecule has 0 atom stereocenters. The number of carbonyl (C=O) groups excluding carboxylic acids is 1. The number of aromatic nitrogens is 3. The Morgan fingerprint density at radius 1 is 1.38 bits per heavy atom. The van der Waals surface area contributed by atoms with Crippen molar-refractivity contribution in [2.24, 2.45) is 0 Å². The van der Waals surface area contributed by atoms with Crippen molar-refractivity contribution in [3.05, 3.63) is 47.5 Å². The molecule has 0 unspecified atom stereocenters. The Kier molecular flexibility index (Phi) is 5.49. The van der Waals surface area contributed by atoms with Crippen LogP contribution in [0.1, 0.15) is 41.5 Å². The van der Waals surface area contributed by atoms with E-state index in [4.69, 9.17) is 0 Å². The quantitative estimate of drug-likeness (QED) is 0.795. The predicted molar refractivity (Wildman–Crippen MR) is 82.1 cm³/mol. The highest BCUT2D eigenvalue weighted by atomic mass is 16.1. The molecule has 0 saturated carbocycles. The fourth-order valence-electron chi connectivity index (χ4n) is 2.22. The third-order valence-corrected chi connectivity index (χ3v) is 3.40. The summed E-state index contributed by atoms with van der Waals surface area (Å²) in [5.74, 6) is -0.0455. The maximum absolute atomic E-state index is 12.1. The molecule has 1 N–H and O–H groups in total. The summed E-state index contributed by atoms with van der Waals surface area (Å²) in [5, 5.41) is 7.19. The first-order valence-electron chi connectivity index (χ1n) is 7.43. The second-order valence-corrected chi connectivity index (χ2v) is 5.05. The van der Waals surface area contributed by atoms with Crippen LogP contribution in [0.4, 0.5) is 0 Å². The lowest BCUT2D eigenvalue weighted by molar-refractivity contribution is 0.0952. The molecule has 0 radical (unpaired) electrons. The molecule has 2 aromatic heterocycles. The van der Waals surface area contributed by atoms with Gasteiger partial charge in [-0.2, -0.15) is 5.10 Å². The van der Waals surface area contributed by atoms with Crippen LogP contribution in [0.25, 0.3) is 0 Å². The Labute approximate surface area is 125 Å². The molecule has 0 saturated heterocycles. The molecule has 0 spiro atoms. The summed E-state index contributed by atoms with van der Waals surface area (Å²) in [6.45, 7) is 5.52. The fourth-order valence-corrected chi connectivity index (χ4v) is 2.22. The molecule has 2 rings (SSSR count). The summed E-state index contributed by atoms with van der Waals surface area (Å²) in [6, 6.07) is 5.88. The van der Waals surface area contributed by atoms with Gasteiger partial charge >= 0.3 is 0 Å². The monoisotopic (exact) mass is 286 g/mol. The zero-order valence-corrected chi connectivity index (χ0v) is 12.7. The van der Waals surface area contributed by atoms with Crippen LogP contribution in [-0.2, 0) is 13.0 Å². The summed E-state index contributed by atoms with van der Waals surface area (Å²) < 4.78 is 1.88. The number of carbonyl (C=O) groups is 1. The third-order valence-electron chi connectivity index (χ3n) is 3.40. The number of aryl methyl sites for hydroxylation is 2. The minimum Gasteiger partial charge on any atom is -0.352 e. The smallest absolute Gasteiger partial charge is 0.254 e. The van der Waals surface area contributed by atoms with Crippen LogP contribution in [0.3, 0.4) is 0 Å². The first-order chi connectivity index (χ1) is 10.2. The van der Waals surface area contributed by atoms with E-state index in [0.717, 1.165) is 37.2 Å². The average Bonchev–Trinajstić information content (AvgIpc) is 2.86. The van der Waals surface area contributed by atoms with E-state index in [1.54, 1.807) is 12.4 Å². The molecule has 5 heteroatoms. The second-order valence-electron chi connectivity index (χ2n) is 5.05. The van der Waals surface area contributed by atoms with Crippen LogP contribution in [-0.4, -0.2) is 27.2 Å². The van der Waals surface area contributed by atoms with Gasteiger partial charge in [-0.3, -0.25) is 14.5 Å². The molecule has 0 aromatic carbocycles. The topological polar surface area (TPSA) is 59.8 Å². The number of rotatable bonds is 7. The molecule has 2 heterocycles. The average molecular weight is 286 g/mol. The summed E-state index contributed by atoms with van der Waals surface area (Å²) in [6.07, 6.45) is 6.20. The van der Waals surface area contributed by atoms with Gasteiger partial charge in [0.05, 0.1) is 11.8 Å². The minimum absolute atomic E-state index is 0.0455. The molecule has 5 nitrogen and oxygen atoms in total. The van der Waals surface area contributed by atoms with Crippen LogP contribution in [0.15, 0.2) is 30.6 Å². The van der Waals surface area contributed by atoms with Crippen molar-refractivity contribution >= 4 is 5.91 Å². The van der Waals surface area contributed by atoms with Gasteiger partial charge in [-0.05, 0) is 38.3 Å².